The minimum atomic E-state index is 0.656. The standard InChI is InChI=1S/C28H22O4/c1-29-23-15-7-9-17-25(23)31-27-19-11-3-5-13-21(19)28(22-14-6-4-12-20(22)27)32-26-18-10-8-16-24(26)30-2/h3-18H,1-2H3. The maximum Gasteiger partial charge on any atom is 0.169 e. The summed E-state index contributed by atoms with van der Waals surface area (Å²) in [7, 11) is 3.28. The lowest BCUT2D eigenvalue weighted by atomic mass is 10.0. The Morgan fingerprint density at radius 1 is 0.375 bits per heavy atom. The molecule has 0 spiro atoms. The van der Waals surface area contributed by atoms with Crippen molar-refractivity contribution in [3.63, 3.8) is 0 Å². The molecule has 0 aliphatic rings. The van der Waals surface area contributed by atoms with E-state index in [1.165, 1.54) is 0 Å². The molecule has 0 aromatic heterocycles. The molecule has 0 amide bonds. The summed E-state index contributed by atoms with van der Waals surface area (Å²) in [5.41, 5.74) is 0. The maximum atomic E-state index is 6.47. The van der Waals surface area contributed by atoms with Gasteiger partial charge in [-0.05, 0) is 24.3 Å². The average Bonchev–Trinajstić information content (AvgIpc) is 2.86. The molecule has 0 saturated heterocycles. The number of fused-ring (bicyclic) bond motifs is 2. The zero-order valence-electron chi connectivity index (χ0n) is 17.9. The van der Waals surface area contributed by atoms with Gasteiger partial charge in [-0.1, -0.05) is 72.8 Å². The SMILES string of the molecule is COc1ccccc1Oc1c2ccccc2c(Oc2ccccc2OC)c2ccccc12. The molecular weight excluding hydrogens is 400 g/mol. The number of rotatable bonds is 6. The van der Waals surface area contributed by atoms with Crippen LogP contribution in [0, 0.1) is 0 Å². The smallest absolute Gasteiger partial charge is 0.169 e. The first-order chi connectivity index (χ1) is 15.8. The van der Waals surface area contributed by atoms with Crippen molar-refractivity contribution in [2.75, 3.05) is 14.2 Å². The largest absolute Gasteiger partial charge is 0.493 e. The normalized spacial score (nSPS) is 10.8. The number of ether oxygens (including phenoxy) is 4. The van der Waals surface area contributed by atoms with Crippen LogP contribution in [0.1, 0.15) is 0 Å². The maximum absolute atomic E-state index is 6.47. The van der Waals surface area contributed by atoms with Gasteiger partial charge in [-0.15, -0.1) is 0 Å². The summed E-state index contributed by atoms with van der Waals surface area (Å²) in [6, 6.07) is 31.5. The zero-order chi connectivity index (χ0) is 21.9. The predicted molar refractivity (Wildman–Crippen MR) is 128 cm³/mol. The van der Waals surface area contributed by atoms with Crippen molar-refractivity contribution in [3.8, 4) is 34.5 Å². The lowest BCUT2D eigenvalue weighted by Crippen LogP contribution is -1.95. The second kappa shape index (κ2) is 8.52. The van der Waals surface area contributed by atoms with Gasteiger partial charge in [0.25, 0.3) is 0 Å². The highest BCUT2D eigenvalue weighted by molar-refractivity contribution is 6.11. The van der Waals surface area contributed by atoms with Gasteiger partial charge in [0.05, 0.1) is 14.2 Å². The van der Waals surface area contributed by atoms with Gasteiger partial charge in [0.2, 0.25) is 0 Å². The molecule has 0 radical (unpaired) electrons. The predicted octanol–water partition coefficient (Wildman–Crippen LogP) is 7.59. The number of benzene rings is 5. The third-order valence-electron chi connectivity index (χ3n) is 5.39. The second-order valence-corrected chi connectivity index (χ2v) is 7.26. The van der Waals surface area contributed by atoms with Crippen LogP contribution in [0.4, 0.5) is 0 Å². The van der Waals surface area contributed by atoms with Gasteiger partial charge in [0, 0.05) is 21.5 Å². The fourth-order valence-electron chi connectivity index (χ4n) is 3.89. The van der Waals surface area contributed by atoms with Crippen molar-refractivity contribution in [1.29, 1.82) is 0 Å². The molecule has 5 aromatic rings. The molecule has 0 heterocycles. The van der Waals surface area contributed by atoms with Crippen molar-refractivity contribution >= 4 is 21.5 Å². The molecule has 0 unspecified atom stereocenters. The van der Waals surface area contributed by atoms with E-state index in [2.05, 4.69) is 0 Å². The van der Waals surface area contributed by atoms with Crippen LogP contribution in [0.3, 0.4) is 0 Å². The van der Waals surface area contributed by atoms with Gasteiger partial charge in [0.1, 0.15) is 11.5 Å². The summed E-state index contributed by atoms with van der Waals surface area (Å²) in [6.07, 6.45) is 0. The van der Waals surface area contributed by atoms with Gasteiger partial charge in [0.15, 0.2) is 23.0 Å². The Balaban J connectivity index is 1.76. The summed E-state index contributed by atoms with van der Waals surface area (Å²) in [6.45, 7) is 0. The number of methoxy groups -OCH3 is 2. The molecule has 0 bridgehead atoms. The van der Waals surface area contributed by atoms with Crippen LogP contribution < -0.4 is 18.9 Å². The second-order valence-electron chi connectivity index (χ2n) is 7.26. The van der Waals surface area contributed by atoms with Crippen molar-refractivity contribution < 1.29 is 18.9 Å². The summed E-state index contributed by atoms with van der Waals surface area (Å²) in [5, 5.41) is 3.79. The lowest BCUT2D eigenvalue weighted by Gasteiger charge is -2.19. The van der Waals surface area contributed by atoms with Crippen LogP contribution in [-0.2, 0) is 0 Å². The zero-order valence-corrected chi connectivity index (χ0v) is 17.9. The van der Waals surface area contributed by atoms with Gasteiger partial charge >= 0.3 is 0 Å². The van der Waals surface area contributed by atoms with E-state index in [-0.39, 0.29) is 0 Å². The molecule has 0 N–H and O–H groups in total. The molecule has 0 atom stereocenters. The molecule has 4 heteroatoms. The van der Waals surface area contributed by atoms with Crippen molar-refractivity contribution in [2.24, 2.45) is 0 Å². The average molecular weight is 422 g/mol. The number of hydrogen-bond acceptors (Lipinski definition) is 4. The topological polar surface area (TPSA) is 36.9 Å². The fourth-order valence-corrected chi connectivity index (χ4v) is 3.89. The van der Waals surface area contributed by atoms with Crippen LogP contribution in [-0.4, -0.2) is 14.2 Å². The lowest BCUT2D eigenvalue weighted by molar-refractivity contribution is 0.379. The Morgan fingerprint density at radius 3 is 0.969 bits per heavy atom. The Morgan fingerprint density at radius 2 is 0.656 bits per heavy atom. The first-order valence-corrected chi connectivity index (χ1v) is 10.4. The molecule has 0 aliphatic heterocycles. The molecule has 32 heavy (non-hydrogen) atoms. The summed E-state index contributed by atoms with van der Waals surface area (Å²) >= 11 is 0. The summed E-state index contributed by atoms with van der Waals surface area (Å²) < 4.78 is 24.0. The highest BCUT2D eigenvalue weighted by Crippen LogP contribution is 2.47. The summed E-state index contributed by atoms with van der Waals surface area (Å²) in [4.78, 5) is 0. The van der Waals surface area contributed by atoms with Crippen LogP contribution in [0.2, 0.25) is 0 Å². The quantitative estimate of drug-likeness (QED) is 0.264. The van der Waals surface area contributed by atoms with Crippen molar-refractivity contribution in [2.45, 2.75) is 0 Å². The van der Waals surface area contributed by atoms with Crippen LogP contribution >= 0.6 is 0 Å². The van der Waals surface area contributed by atoms with E-state index in [9.17, 15) is 0 Å². The van der Waals surface area contributed by atoms with Gasteiger partial charge in [-0.25, -0.2) is 0 Å². The molecule has 158 valence electrons. The third-order valence-corrected chi connectivity index (χ3v) is 5.39. The Bertz CT molecular complexity index is 1240. The molecule has 0 aliphatic carbocycles. The van der Waals surface area contributed by atoms with Gasteiger partial charge in [-0.2, -0.15) is 0 Å². The molecular formula is C28H22O4. The summed E-state index contributed by atoms with van der Waals surface area (Å²) in [5.74, 6) is 4.18. The van der Waals surface area contributed by atoms with E-state index in [1.807, 2.05) is 97.1 Å². The molecule has 4 nitrogen and oxygen atoms in total. The van der Waals surface area contributed by atoms with Crippen LogP contribution in [0.5, 0.6) is 34.5 Å². The molecule has 0 fully saturated rings. The Hall–Kier alpha value is -4.18. The highest BCUT2D eigenvalue weighted by Gasteiger charge is 2.19. The number of hydrogen-bond donors (Lipinski definition) is 0. The van der Waals surface area contributed by atoms with E-state index in [1.54, 1.807) is 14.2 Å². The van der Waals surface area contributed by atoms with E-state index < -0.39 is 0 Å². The van der Waals surface area contributed by atoms with E-state index in [4.69, 9.17) is 18.9 Å². The first-order valence-electron chi connectivity index (χ1n) is 10.4. The van der Waals surface area contributed by atoms with Gasteiger partial charge < -0.3 is 18.9 Å². The van der Waals surface area contributed by atoms with E-state index >= 15 is 0 Å². The highest BCUT2D eigenvalue weighted by atomic mass is 16.5. The first kappa shape index (κ1) is 19.8. The molecule has 5 rings (SSSR count). The van der Waals surface area contributed by atoms with Crippen molar-refractivity contribution in [3.05, 3.63) is 97.1 Å². The minimum absolute atomic E-state index is 0.656. The van der Waals surface area contributed by atoms with Crippen LogP contribution in [0.15, 0.2) is 97.1 Å². The monoisotopic (exact) mass is 422 g/mol. The molecule has 0 saturated carbocycles. The number of para-hydroxylation sites is 4. The van der Waals surface area contributed by atoms with Crippen molar-refractivity contribution in [1.82, 2.24) is 0 Å². The molecule has 5 aromatic carbocycles. The Labute approximate surface area is 186 Å². The van der Waals surface area contributed by atoms with E-state index in [0.29, 0.717) is 23.0 Å². The third kappa shape index (κ3) is 3.46. The Kier molecular flexibility index (Phi) is 5.26. The van der Waals surface area contributed by atoms with Gasteiger partial charge in [-0.3, -0.25) is 0 Å². The fraction of sp³-hybridized carbons (Fsp3) is 0.0714. The van der Waals surface area contributed by atoms with E-state index in [0.717, 1.165) is 33.0 Å². The van der Waals surface area contributed by atoms with Crippen LogP contribution in [0.25, 0.3) is 21.5 Å². The minimum Gasteiger partial charge on any atom is -0.493 e.